The van der Waals surface area contributed by atoms with Gasteiger partial charge in [-0.3, -0.25) is 14.4 Å². The zero-order valence-electron chi connectivity index (χ0n) is 23.6. The topological polar surface area (TPSA) is 87.3 Å². The first-order valence-electron chi connectivity index (χ1n) is 13.5. The Hall–Kier alpha value is -4.69. The molecule has 1 unspecified atom stereocenters. The van der Waals surface area contributed by atoms with E-state index < -0.39 is 17.6 Å². The number of nitrogens with one attached hydrogen (secondary N) is 3. The number of amides is 3. The summed E-state index contributed by atoms with van der Waals surface area (Å²) >= 11 is 1.39. The summed E-state index contributed by atoms with van der Waals surface area (Å²) in [6.45, 7) is 5.91. The third-order valence-corrected chi connectivity index (χ3v) is 7.61. The molecule has 0 bridgehead atoms. The third kappa shape index (κ3) is 8.41. The second kappa shape index (κ2) is 14.3. The SMILES string of the molecule is CCC(Sc1cccc(NC(=O)/C(=C/c2ccccc2F)NC(=O)c2ccccc2)c1)C(=O)Nc1cc(C)cc(C)c1. The standard InChI is InChI=1S/C34H32FN3O3S/c1-4-31(34(41)37-27-18-22(2)17-23(3)19-27)42-28-15-10-14-26(21-28)36-33(40)30(20-25-13-8-9-16-29(25)35)38-32(39)24-11-6-5-7-12-24/h5-21,31H,4H2,1-3H3,(H,36,40)(H,37,41)(H,38,39)/b30-20-. The maximum Gasteiger partial charge on any atom is 0.272 e. The fourth-order valence-corrected chi connectivity index (χ4v) is 5.31. The van der Waals surface area contributed by atoms with E-state index in [1.54, 1.807) is 60.7 Å². The van der Waals surface area contributed by atoms with Gasteiger partial charge in [0.2, 0.25) is 5.91 Å². The number of carbonyl (C=O) groups is 3. The molecule has 0 aliphatic rings. The van der Waals surface area contributed by atoms with Crippen LogP contribution >= 0.6 is 11.8 Å². The monoisotopic (exact) mass is 581 g/mol. The van der Waals surface area contributed by atoms with Crippen molar-refractivity contribution in [3.05, 3.63) is 131 Å². The summed E-state index contributed by atoms with van der Waals surface area (Å²) in [5.41, 5.74) is 3.74. The van der Waals surface area contributed by atoms with E-state index in [0.29, 0.717) is 17.7 Å². The third-order valence-electron chi connectivity index (χ3n) is 6.26. The maximum atomic E-state index is 14.4. The number of benzene rings is 4. The second-order valence-corrected chi connectivity index (χ2v) is 11.0. The molecule has 42 heavy (non-hydrogen) atoms. The summed E-state index contributed by atoms with van der Waals surface area (Å²) in [5, 5.41) is 8.06. The molecule has 4 aromatic carbocycles. The minimum Gasteiger partial charge on any atom is -0.325 e. The van der Waals surface area contributed by atoms with Gasteiger partial charge in [0.05, 0.1) is 5.25 Å². The summed E-state index contributed by atoms with van der Waals surface area (Å²) in [6.07, 6.45) is 1.90. The average molecular weight is 582 g/mol. The van der Waals surface area contributed by atoms with E-state index in [0.717, 1.165) is 21.7 Å². The van der Waals surface area contributed by atoms with Crippen LogP contribution in [-0.2, 0) is 9.59 Å². The Morgan fingerprint density at radius 1 is 0.810 bits per heavy atom. The lowest BCUT2D eigenvalue weighted by Gasteiger charge is -2.16. The fraction of sp³-hybridized carbons (Fsp3) is 0.147. The Morgan fingerprint density at radius 2 is 1.50 bits per heavy atom. The molecule has 3 amide bonds. The van der Waals surface area contributed by atoms with Gasteiger partial charge >= 0.3 is 0 Å². The Balaban J connectivity index is 1.51. The molecule has 0 aromatic heterocycles. The van der Waals surface area contributed by atoms with Gasteiger partial charge in [-0.25, -0.2) is 4.39 Å². The Labute approximate surface area is 249 Å². The molecule has 6 nitrogen and oxygen atoms in total. The van der Waals surface area contributed by atoms with Crippen molar-refractivity contribution in [2.75, 3.05) is 10.6 Å². The van der Waals surface area contributed by atoms with Gasteiger partial charge in [-0.2, -0.15) is 0 Å². The second-order valence-electron chi connectivity index (χ2n) is 9.76. The number of hydrogen-bond acceptors (Lipinski definition) is 4. The van der Waals surface area contributed by atoms with E-state index in [9.17, 15) is 18.8 Å². The van der Waals surface area contributed by atoms with Crippen molar-refractivity contribution in [3.8, 4) is 0 Å². The summed E-state index contributed by atoms with van der Waals surface area (Å²) in [4.78, 5) is 40.1. The Morgan fingerprint density at radius 3 is 2.19 bits per heavy atom. The molecule has 0 saturated carbocycles. The molecule has 0 spiro atoms. The molecular weight excluding hydrogens is 549 g/mol. The summed E-state index contributed by atoms with van der Waals surface area (Å²) in [6, 6.07) is 27.4. The number of anilines is 2. The van der Waals surface area contributed by atoms with Crippen molar-refractivity contribution in [1.82, 2.24) is 5.32 Å². The number of thioether (sulfide) groups is 1. The number of aryl methyl sites for hydroxylation is 2. The van der Waals surface area contributed by atoms with Crippen LogP contribution in [-0.4, -0.2) is 23.0 Å². The van der Waals surface area contributed by atoms with Crippen LogP contribution in [0.25, 0.3) is 6.08 Å². The van der Waals surface area contributed by atoms with Gasteiger partial charge in [-0.15, -0.1) is 11.8 Å². The molecule has 0 saturated heterocycles. The van der Waals surface area contributed by atoms with Gasteiger partial charge in [-0.05, 0) is 86.0 Å². The summed E-state index contributed by atoms with van der Waals surface area (Å²) in [7, 11) is 0. The molecule has 0 fully saturated rings. The van der Waals surface area contributed by atoms with E-state index in [1.165, 1.54) is 30.0 Å². The van der Waals surface area contributed by atoms with Gasteiger partial charge in [0.15, 0.2) is 0 Å². The zero-order valence-corrected chi connectivity index (χ0v) is 24.4. The van der Waals surface area contributed by atoms with Gasteiger partial charge < -0.3 is 16.0 Å². The zero-order chi connectivity index (χ0) is 30.1. The number of hydrogen-bond donors (Lipinski definition) is 3. The van der Waals surface area contributed by atoms with Crippen molar-refractivity contribution in [2.45, 2.75) is 37.3 Å². The van der Waals surface area contributed by atoms with Gasteiger partial charge in [0.25, 0.3) is 11.8 Å². The molecule has 3 N–H and O–H groups in total. The number of halogens is 1. The molecule has 0 radical (unpaired) electrons. The van der Waals surface area contributed by atoms with E-state index in [4.69, 9.17) is 0 Å². The first-order valence-corrected chi connectivity index (χ1v) is 14.4. The van der Waals surface area contributed by atoms with Gasteiger partial charge in [0.1, 0.15) is 11.5 Å². The van der Waals surface area contributed by atoms with Crippen LogP contribution in [0, 0.1) is 19.7 Å². The van der Waals surface area contributed by atoms with E-state index in [1.807, 2.05) is 45.0 Å². The average Bonchev–Trinajstić information content (AvgIpc) is 2.96. The first kappa shape index (κ1) is 30.3. The van der Waals surface area contributed by atoms with Crippen LogP contribution in [0.1, 0.15) is 40.4 Å². The highest BCUT2D eigenvalue weighted by Gasteiger charge is 2.20. The minimum absolute atomic E-state index is 0.110. The molecule has 0 aliphatic heterocycles. The van der Waals surface area contributed by atoms with E-state index in [2.05, 4.69) is 16.0 Å². The molecule has 214 valence electrons. The molecule has 0 aliphatic carbocycles. The predicted molar refractivity (Wildman–Crippen MR) is 168 cm³/mol. The molecular formula is C34H32FN3O3S. The largest absolute Gasteiger partial charge is 0.325 e. The van der Waals surface area contributed by atoms with Crippen LogP contribution < -0.4 is 16.0 Å². The minimum atomic E-state index is -0.621. The van der Waals surface area contributed by atoms with Crippen molar-refractivity contribution in [2.24, 2.45) is 0 Å². The summed E-state index contributed by atoms with van der Waals surface area (Å²) < 4.78 is 14.4. The number of carbonyl (C=O) groups excluding carboxylic acids is 3. The molecule has 0 heterocycles. The van der Waals surface area contributed by atoms with Crippen LogP contribution in [0.2, 0.25) is 0 Å². The highest BCUT2D eigenvalue weighted by atomic mass is 32.2. The van der Waals surface area contributed by atoms with Crippen LogP contribution in [0.4, 0.5) is 15.8 Å². The van der Waals surface area contributed by atoms with Gasteiger partial charge in [-0.1, -0.05) is 55.5 Å². The van der Waals surface area contributed by atoms with E-state index >= 15 is 0 Å². The normalized spacial score (nSPS) is 11.9. The Bertz CT molecular complexity index is 1600. The van der Waals surface area contributed by atoms with Crippen LogP contribution in [0.5, 0.6) is 0 Å². The van der Waals surface area contributed by atoms with E-state index in [-0.39, 0.29) is 22.4 Å². The number of rotatable bonds is 10. The quantitative estimate of drug-likeness (QED) is 0.135. The highest BCUT2D eigenvalue weighted by Crippen LogP contribution is 2.29. The van der Waals surface area contributed by atoms with Crippen molar-refractivity contribution in [3.63, 3.8) is 0 Å². The maximum absolute atomic E-state index is 14.4. The lowest BCUT2D eigenvalue weighted by atomic mass is 10.1. The predicted octanol–water partition coefficient (Wildman–Crippen LogP) is 7.36. The van der Waals surface area contributed by atoms with Crippen molar-refractivity contribution >= 4 is 46.9 Å². The van der Waals surface area contributed by atoms with Crippen LogP contribution in [0.15, 0.2) is 108 Å². The fourth-order valence-electron chi connectivity index (χ4n) is 4.29. The van der Waals surface area contributed by atoms with Crippen molar-refractivity contribution < 1.29 is 18.8 Å². The summed E-state index contributed by atoms with van der Waals surface area (Å²) in [5.74, 6) is -1.76. The Kier molecular flexibility index (Phi) is 10.3. The van der Waals surface area contributed by atoms with Crippen molar-refractivity contribution in [1.29, 1.82) is 0 Å². The molecule has 1 atom stereocenters. The molecule has 4 aromatic rings. The first-order chi connectivity index (χ1) is 20.2. The highest BCUT2D eigenvalue weighted by molar-refractivity contribution is 8.00. The molecule has 4 rings (SSSR count). The van der Waals surface area contributed by atoms with Crippen LogP contribution in [0.3, 0.4) is 0 Å². The molecule has 8 heteroatoms. The smallest absolute Gasteiger partial charge is 0.272 e. The lowest BCUT2D eigenvalue weighted by Crippen LogP contribution is -2.30. The lowest BCUT2D eigenvalue weighted by molar-refractivity contribution is -0.116. The van der Waals surface area contributed by atoms with Gasteiger partial charge in [0, 0.05) is 27.4 Å².